The fraction of sp³-hybridized carbons (Fsp3) is 0.261. The molecule has 9 heteroatoms. The molecule has 1 atom stereocenters. The second-order valence-electron chi connectivity index (χ2n) is 8.00. The monoisotopic (exact) mass is 449 g/mol. The Labute approximate surface area is 187 Å². The standard InChI is InChI=1S/C23H23N5O3S/c1-27-15-25-12-20(27)14-28-13-19(10-18-9-16(11-24)3-8-22(18)28)26-23(29)17-4-6-21(7-5-17)32(2,30)31/h3-9,12,15,19H,10,13-14H2,1-2H3,(H,26,29). The third-order valence-electron chi connectivity index (χ3n) is 5.61. The van der Waals surface area contributed by atoms with Gasteiger partial charge in [-0.3, -0.25) is 4.79 Å². The van der Waals surface area contributed by atoms with E-state index in [0.29, 0.717) is 30.6 Å². The molecule has 1 N–H and O–H groups in total. The van der Waals surface area contributed by atoms with E-state index in [0.717, 1.165) is 23.2 Å². The molecular weight excluding hydrogens is 426 g/mol. The van der Waals surface area contributed by atoms with Crippen molar-refractivity contribution in [3.05, 3.63) is 77.4 Å². The summed E-state index contributed by atoms with van der Waals surface area (Å²) in [7, 11) is -1.38. The van der Waals surface area contributed by atoms with Gasteiger partial charge >= 0.3 is 0 Å². The van der Waals surface area contributed by atoms with Crippen LogP contribution in [-0.2, 0) is 29.9 Å². The summed E-state index contributed by atoms with van der Waals surface area (Å²) in [5.41, 5.74) is 4.03. The molecule has 0 radical (unpaired) electrons. The minimum Gasteiger partial charge on any atom is -0.363 e. The van der Waals surface area contributed by atoms with E-state index in [4.69, 9.17) is 0 Å². The van der Waals surface area contributed by atoms with Gasteiger partial charge in [0.2, 0.25) is 0 Å². The van der Waals surface area contributed by atoms with E-state index in [9.17, 15) is 18.5 Å². The van der Waals surface area contributed by atoms with Gasteiger partial charge in [0.15, 0.2) is 9.84 Å². The third kappa shape index (κ3) is 4.50. The molecule has 2 heterocycles. The number of hydrogen-bond donors (Lipinski definition) is 1. The molecule has 4 rings (SSSR count). The highest BCUT2D eigenvalue weighted by Crippen LogP contribution is 2.29. The molecule has 3 aromatic rings. The molecule has 0 fully saturated rings. The smallest absolute Gasteiger partial charge is 0.251 e. The van der Waals surface area contributed by atoms with Crippen LogP contribution in [-0.4, -0.2) is 42.7 Å². The van der Waals surface area contributed by atoms with E-state index in [2.05, 4.69) is 21.3 Å². The van der Waals surface area contributed by atoms with Crippen molar-refractivity contribution in [2.75, 3.05) is 17.7 Å². The Kier molecular flexibility index (Phi) is 5.72. The summed E-state index contributed by atoms with van der Waals surface area (Å²) in [6, 6.07) is 13.5. The number of benzene rings is 2. The highest BCUT2D eigenvalue weighted by atomic mass is 32.2. The number of anilines is 1. The molecule has 1 aliphatic heterocycles. The fourth-order valence-corrected chi connectivity index (χ4v) is 4.55. The number of nitrogens with zero attached hydrogens (tertiary/aromatic N) is 4. The second kappa shape index (κ2) is 8.48. The van der Waals surface area contributed by atoms with Crippen molar-refractivity contribution < 1.29 is 13.2 Å². The maximum atomic E-state index is 12.8. The highest BCUT2D eigenvalue weighted by molar-refractivity contribution is 7.90. The zero-order valence-electron chi connectivity index (χ0n) is 17.8. The Hall–Kier alpha value is -3.64. The van der Waals surface area contributed by atoms with E-state index >= 15 is 0 Å². The molecule has 8 nitrogen and oxygen atoms in total. The number of carbonyl (C=O) groups excluding carboxylic acids is 1. The SMILES string of the molecule is Cn1cncc1CN1CC(NC(=O)c2ccc(S(C)(=O)=O)cc2)Cc2cc(C#N)ccc21. The average molecular weight is 450 g/mol. The van der Waals surface area contributed by atoms with Crippen molar-refractivity contribution in [2.45, 2.75) is 23.9 Å². The lowest BCUT2D eigenvalue weighted by atomic mass is 9.95. The summed E-state index contributed by atoms with van der Waals surface area (Å²) in [6.07, 6.45) is 5.29. The zero-order chi connectivity index (χ0) is 22.9. The van der Waals surface area contributed by atoms with E-state index in [1.807, 2.05) is 29.9 Å². The number of nitriles is 1. The van der Waals surface area contributed by atoms with E-state index in [1.54, 1.807) is 12.4 Å². The van der Waals surface area contributed by atoms with Gasteiger partial charge in [0.05, 0.1) is 41.1 Å². The molecule has 1 unspecified atom stereocenters. The minimum atomic E-state index is -3.32. The first-order valence-corrected chi connectivity index (χ1v) is 12.0. The Balaban J connectivity index is 1.57. The number of nitrogens with one attached hydrogen (secondary N) is 1. The van der Waals surface area contributed by atoms with Crippen LogP contribution in [0, 0.1) is 11.3 Å². The number of aryl methyl sites for hydroxylation is 1. The topological polar surface area (TPSA) is 108 Å². The Morgan fingerprint density at radius 2 is 2.00 bits per heavy atom. The molecule has 1 amide bonds. The predicted octanol–water partition coefficient (Wildman–Crippen LogP) is 2.06. The number of fused-ring (bicyclic) bond motifs is 1. The Morgan fingerprint density at radius 1 is 1.25 bits per heavy atom. The van der Waals surface area contributed by atoms with Crippen LogP contribution in [0.15, 0.2) is 59.9 Å². The van der Waals surface area contributed by atoms with Gasteiger partial charge in [0.25, 0.3) is 5.91 Å². The second-order valence-corrected chi connectivity index (χ2v) is 10.0. The summed E-state index contributed by atoms with van der Waals surface area (Å²) in [5, 5.41) is 12.4. The quantitative estimate of drug-likeness (QED) is 0.639. The number of aromatic nitrogens is 2. The highest BCUT2D eigenvalue weighted by Gasteiger charge is 2.27. The first-order chi connectivity index (χ1) is 15.2. The van der Waals surface area contributed by atoms with Crippen LogP contribution in [0.25, 0.3) is 0 Å². The number of hydrogen-bond acceptors (Lipinski definition) is 6. The number of sulfone groups is 1. The molecule has 0 saturated carbocycles. The summed E-state index contributed by atoms with van der Waals surface area (Å²) in [6.45, 7) is 1.21. The molecular formula is C23H23N5O3S. The zero-order valence-corrected chi connectivity index (χ0v) is 18.6. The number of carbonyl (C=O) groups is 1. The van der Waals surface area contributed by atoms with E-state index in [-0.39, 0.29) is 16.8 Å². The van der Waals surface area contributed by atoms with Gasteiger partial charge in [0.1, 0.15) is 0 Å². The van der Waals surface area contributed by atoms with Crippen molar-refractivity contribution in [3.63, 3.8) is 0 Å². The van der Waals surface area contributed by atoms with Gasteiger partial charge in [-0.25, -0.2) is 13.4 Å². The number of amides is 1. The van der Waals surface area contributed by atoms with Crippen LogP contribution in [0.3, 0.4) is 0 Å². The molecule has 0 bridgehead atoms. The van der Waals surface area contributed by atoms with Crippen LogP contribution in [0.4, 0.5) is 5.69 Å². The molecule has 0 spiro atoms. The molecule has 32 heavy (non-hydrogen) atoms. The molecule has 164 valence electrons. The van der Waals surface area contributed by atoms with Gasteiger partial charge in [-0.15, -0.1) is 0 Å². The van der Waals surface area contributed by atoms with Gasteiger partial charge in [-0.1, -0.05) is 0 Å². The molecule has 1 aromatic heterocycles. The molecule has 2 aromatic carbocycles. The Morgan fingerprint density at radius 3 is 2.62 bits per heavy atom. The molecule has 0 saturated heterocycles. The van der Waals surface area contributed by atoms with E-state index < -0.39 is 9.84 Å². The van der Waals surface area contributed by atoms with Crippen LogP contribution < -0.4 is 10.2 Å². The largest absolute Gasteiger partial charge is 0.363 e. The van der Waals surface area contributed by atoms with Crippen molar-refractivity contribution >= 4 is 21.4 Å². The average Bonchev–Trinajstić information content (AvgIpc) is 3.17. The van der Waals surface area contributed by atoms with Crippen LogP contribution in [0.5, 0.6) is 0 Å². The Bertz CT molecular complexity index is 1310. The summed E-state index contributed by atoms with van der Waals surface area (Å²) >= 11 is 0. The predicted molar refractivity (Wildman–Crippen MR) is 120 cm³/mol. The third-order valence-corrected chi connectivity index (χ3v) is 6.73. The van der Waals surface area contributed by atoms with Crippen molar-refractivity contribution in [3.8, 4) is 6.07 Å². The summed E-state index contributed by atoms with van der Waals surface area (Å²) in [5.74, 6) is -0.268. The lowest BCUT2D eigenvalue weighted by molar-refractivity contribution is 0.0936. The fourth-order valence-electron chi connectivity index (χ4n) is 3.92. The first-order valence-electron chi connectivity index (χ1n) is 10.1. The number of rotatable bonds is 5. The van der Waals surface area contributed by atoms with Crippen LogP contribution >= 0.6 is 0 Å². The van der Waals surface area contributed by atoms with Crippen LogP contribution in [0.1, 0.15) is 27.2 Å². The minimum absolute atomic E-state index is 0.173. The number of imidazole rings is 1. The van der Waals surface area contributed by atoms with Crippen molar-refractivity contribution in [1.29, 1.82) is 5.26 Å². The summed E-state index contributed by atoms with van der Waals surface area (Å²) < 4.78 is 25.3. The maximum absolute atomic E-state index is 12.8. The van der Waals surface area contributed by atoms with Crippen molar-refractivity contribution in [1.82, 2.24) is 14.9 Å². The van der Waals surface area contributed by atoms with Gasteiger partial charge in [0, 0.05) is 37.3 Å². The van der Waals surface area contributed by atoms with Crippen LogP contribution in [0.2, 0.25) is 0 Å². The van der Waals surface area contributed by atoms with Crippen molar-refractivity contribution in [2.24, 2.45) is 7.05 Å². The molecule has 1 aliphatic rings. The first kappa shape index (κ1) is 21.6. The lowest BCUT2D eigenvalue weighted by Crippen LogP contribution is -2.48. The maximum Gasteiger partial charge on any atom is 0.251 e. The van der Waals surface area contributed by atoms with Gasteiger partial charge < -0.3 is 14.8 Å². The lowest BCUT2D eigenvalue weighted by Gasteiger charge is -2.36. The van der Waals surface area contributed by atoms with Gasteiger partial charge in [-0.05, 0) is 54.4 Å². The summed E-state index contributed by atoms with van der Waals surface area (Å²) in [4.78, 5) is 19.4. The van der Waals surface area contributed by atoms with Gasteiger partial charge in [-0.2, -0.15) is 5.26 Å². The normalized spacial score (nSPS) is 15.7. The molecule has 0 aliphatic carbocycles. The van der Waals surface area contributed by atoms with E-state index in [1.165, 1.54) is 24.3 Å².